The van der Waals surface area contributed by atoms with Gasteiger partial charge in [0.25, 0.3) is 0 Å². The first-order valence-corrected chi connectivity index (χ1v) is 2.49. The highest BCUT2D eigenvalue weighted by Gasteiger charge is 2.28. The number of carbonyl (C=O) groups is 1. The molecule has 0 saturated heterocycles. The molecule has 0 bridgehead atoms. The molecule has 0 rings (SSSR count). The maximum Gasteiger partial charge on any atom is 0.344 e. The molecule has 0 aliphatic carbocycles. The second-order valence-electron chi connectivity index (χ2n) is 1.09. The van der Waals surface area contributed by atoms with Crippen molar-refractivity contribution in [2.75, 3.05) is 0 Å². The molecule has 0 heterocycles. The van der Waals surface area contributed by atoms with Gasteiger partial charge in [-0.15, -0.1) is 25.3 Å². The molecule has 0 aliphatic rings. The molecule has 0 aromatic heterocycles. The normalized spacial score (nSPS) is 10.1. The Bertz CT molecular complexity index is 148. The van der Waals surface area contributed by atoms with Crippen molar-refractivity contribution in [3.63, 3.8) is 0 Å². The van der Waals surface area contributed by atoms with E-state index in [1.54, 1.807) is 0 Å². The molecular formula is C3H3NO2S2. The average molecular weight is 149 g/mol. The number of nitrogens with zero attached hydrogens (tertiary/aromatic N) is 1. The molecular weight excluding hydrogens is 146 g/mol. The molecule has 5 heteroatoms. The highest BCUT2D eigenvalue weighted by Crippen LogP contribution is 2.17. The average Bonchev–Trinajstić information content (AvgIpc) is 1.67. The fraction of sp³-hybridized carbons (Fsp3) is 0.333. The number of hydrogen-bond donors (Lipinski definition) is 3. The molecule has 44 valence electrons. The fourth-order valence-corrected chi connectivity index (χ4v) is 0.0478. The molecule has 0 aromatic carbocycles. The van der Waals surface area contributed by atoms with E-state index in [0.717, 1.165) is 0 Å². The monoisotopic (exact) mass is 149 g/mol. The summed E-state index contributed by atoms with van der Waals surface area (Å²) in [6.07, 6.45) is 0. The molecule has 0 aromatic rings. The van der Waals surface area contributed by atoms with E-state index in [4.69, 9.17) is 10.4 Å². The Morgan fingerprint density at radius 3 is 2.12 bits per heavy atom. The molecule has 0 spiro atoms. The number of aliphatic carboxylic acids is 1. The first kappa shape index (κ1) is 7.66. The lowest BCUT2D eigenvalue weighted by molar-refractivity contribution is -0.136. The van der Waals surface area contributed by atoms with E-state index in [-0.39, 0.29) is 0 Å². The summed E-state index contributed by atoms with van der Waals surface area (Å²) in [6, 6.07) is 1.37. The molecule has 1 N–H and O–H groups in total. The van der Waals surface area contributed by atoms with Crippen molar-refractivity contribution in [3.8, 4) is 6.07 Å². The van der Waals surface area contributed by atoms with Crippen LogP contribution in [0.3, 0.4) is 0 Å². The predicted octanol–water partition coefficient (Wildman–Crippen LogP) is 0.150. The summed E-state index contributed by atoms with van der Waals surface area (Å²) in [5.74, 6) is -1.35. The van der Waals surface area contributed by atoms with E-state index in [2.05, 4.69) is 25.3 Å². The molecule has 0 amide bonds. The van der Waals surface area contributed by atoms with Crippen LogP contribution in [0.1, 0.15) is 0 Å². The van der Waals surface area contributed by atoms with Gasteiger partial charge in [-0.1, -0.05) is 0 Å². The highest BCUT2D eigenvalue weighted by molar-refractivity contribution is 8.02. The van der Waals surface area contributed by atoms with Gasteiger partial charge in [-0.3, -0.25) is 0 Å². The van der Waals surface area contributed by atoms with Crippen LogP contribution >= 0.6 is 25.3 Å². The molecule has 8 heavy (non-hydrogen) atoms. The minimum absolute atomic E-state index is 1.35. The van der Waals surface area contributed by atoms with Crippen molar-refractivity contribution < 1.29 is 9.90 Å². The molecule has 0 radical (unpaired) electrons. The SMILES string of the molecule is N#CC(S)(S)C(=O)O. The lowest BCUT2D eigenvalue weighted by Crippen LogP contribution is -2.22. The molecule has 0 saturated carbocycles. The summed E-state index contributed by atoms with van der Waals surface area (Å²) in [6.45, 7) is 0. The summed E-state index contributed by atoms with van der Waals surface area (Å²) in [5.41, 5.74) is 0. The zero-order valence-corrected chi connectivity index (χ0v) is 5.49. The van der Waals surface area contributed by atoms with Crippen molar-refractivity contribution >= 4 is 31.2 Å². The Balaban J connectivity index is 4.19. The number of thiol groups is 2. The van der Waals surface area contributed by atoms with E-state index < -0.39 is 10.0 Å². The zero-order chi connectivity index (χ0) is 6.78. The third kappa shape index (κ3) is 1.64. The van der Waals surface area contributed by atoms with Gasteiger partial charge >= 0.3 is 5.97 Å². The van der Waals surface area contributed by atoms with Gasteiger partial charge in [0.05, 0.1) is 0 Å². The molecule has 3 nitrogen and oxygen atoms in total. The first-order valence-electron chi connectivity index (χ1n) is 1.60. The van der Waals surface area contributed by atoms with Crippen molar-refractivity contribution in [1.29, 1.82) is 5.26 Å². The lowest BCUT2D eigenvalue weighted by atomic mass is 10.5. The van der Waals surface area contributed by atoms with E-state index in [9.17, 15) is 4.79 Å². The van der Waals surface area contributed by atoms with Gasteiger partial charge in [0, 0.05) is 0 Å². The summed E-state index contributed by atoms with van der Waals surface area (Å²) < 4.78 is -1.85. The van der Waals surface area contributed by atoms with Crippen LogP contribution in [-0.2, 0) is 4.79 Å². The Kier molecular flexibility index (Phi) is 2.19. The van der Waals surface area contributed by atoms with Crippen LogP contribution in [0, 0.1) is 11.3 Å². The smallest absolute Gasteiger partial charge is 0.344 e. The van der Waals surface area contributed by atoms with Gasteiger partial charge in [-0.25, -0.2) is 4.79 Å². The summed E-state index contributed by atoms with van der Waals surface area (Å²) in [4.78, 5) is 9.88. The number of carboxylic acids is 1. The summed E-state index contributed by atoms with van der Waals surface area (Å²) >= 11 is 6.77. The van der Waals surface area contributed by atoms with Gasteiger partial charge in [0.15, 0.2) is 0 Å². The van der Waals surface area contributed by atoms with E-state index in [1.165, 1.54) is 6.07 Å². The van der Waals surface area contributed by atoms with Crippen molar-refractivity contribution in [3.05, 3.63) is 0 Å². The summed E-state index contributed by atoms with van der Waals surface area (Å²) in [7, 11) is 0. The van der Waals surface area contributed by atoms with E-state index in [0.29, 0.717) is 0 Å². The quantitative estimate of drug-likeness (QED) is 0.367. The summed E-state index contributed by atoms with van der Waals surface area (Å²) in [5, 5.41) is 16.0. The number of hydrogen-bond acceptors (Lipinski definition) is 4. The number of carboxylic acid groups (broad SMARTS) is 1. The lowest BCUT2D eigenvalue weighted by Gasteiger charge is -2.02. The van der Waals surface area contributed by atoms with Crippen molar-refractivity contribution in [2.24, 2.45) is 0 Å². The largest absolute Gasteiger partial charge is 0.479 e. The van der Waals surface area contributed by atoms with Crippen LogP contribution < -0.4 is 0 Å². The Morgan fingerprint density at radius 1 is 1.75 bits per heavy atom. The van der Waals surface area contributed by atoms with E-state index >= 15 is 0 Å². The van der Waals surface area contributed by atoms with E-state index in [1.807, 2.05) is 0 Å². The molecule has 0 atom stereocenters. The Hall–Kier alpha value is -0.340. The van der Waals surface area contributed by atoms with Gasteiger partial charge in [-0.05, 0) is 0 Å². The Labute approximate surface area is 57.1 Å². The molecule has 0 aliphatic heterocycles. The van der Waals surface area contributed by atoms with Gasteiger partial charge in [-0.2, -0.15) is 5.26 Å². The fourth-order valence-electron chi connectivity index (χ4n) is 0.0478. The number of nitriles is 1. The maximum absolute atomic E-state index is 9.88. The minimum Gasteiger partial charge on any atom is -0.479 e. The van der Waals surface area contributed by atoms with Crippen LogP contribution in [0.5, 0.6) is 0 Å². The van der Waals surface area contributed by atoms with Gasteiger partial charge in [0.2, 0.25) is 4.08 Å². The maximum atomic E-state index is 9.88. The van der Waals surface area contributed by atoms with Crippen LogP contribution in [0.4, 0.5) is 0 Å². The zero-order valence-electron chi connectivity index (χ0n) is 3.70. The van der Waals surface area contributed by atoms with Gasteiger partial charge < -0.3 is 5.11 Å². The standard InChI is InChI=1S/C3H3NO2S2/c4-1-3(7,8)2(5)6/h7-8H,(H,5,6). The second-order valence-corrected chi connectivity index (χ2v) is 2.78. The van der Waals surface area contributed by atoms with Crippen LogP contribution in [-0.4, -0.2) is 15.2 Å². The van der Waals surface area contributed by atoms with Crippen molar-refractivity contribution in [1.82, 2.24) is 0 Å². The third-order valence-electron chi connectivity index (χ3n) is 0.454. The highest BCUT2D eigenvalue weighted by atomic mass is 32.2. The third-order valence-corrected chi connectivity index (χ3v) is 1.04. The molecule has 0 fully saturated rings. The minimum atomic E-state index is -1.85. The predicted molar refractivity (Wildman–Crippen MR) is 34.0 cm³/mol. The van der Waals surface area contributed by atoms with Crippen LogP contribution in [0.15, 0.2) is 0 Å². The second kappa shape index (κ2) is 2.29. The van der Waals surface area contributed by atoms with Crippen LogP contribution in [0.2, 0.25) is 0 Å². The number of rotatable bonds is 1. The first-order chi connectivity index (χ1) is 3.50. The van der Waals surface area contributed by atoms with Crippen molar-refractivity contribution in [2.45, 2.75) is 4.08 Å². The molecule has 0 unspecified atom stereocenters. The topological polar surface area (TPSA) is 61.1 Å². The Morgan fingerprint density at radius 2 is 2.12 bits per heavy atom. The van der Waals surface area contributed by atoms with Gasteiger partial charge in [0.1, 0.15) is 6.07 Å². The van der Waals surface area contributed by atoms with Crippen LogP contribution in [0.25, 0.3) is 0 Å².